The molecule has 1 aromatic heterocycles. The number of pyridine rings is 1. The first-order chi connectivity index (χ1) is 21.6. The number of halogens is 5. The number of nitrogens with one attached hydrogen (secondary N) is 2. The molecule has 0 atom stereocenters. The second-order valence-corrected chi connectivity index (χ2v) is 11.1. The topological polar surface area (TPSA) is 161 Å². The summed E-state index contributed by atoms with van der Waals surface area (Å²) in [6.07, 6.45) is -3.42. The van der Waals surface area contributed by atoms with Gasteiger partial charge in [0, 0.05) is 24.0 Å². The van der Waals surface area contributed by atoms with E-state index in [1.54, 1.807) is 12.1 Å². The van der Waals surface area contributed by atoms with Gasteiger partial charge in [0.15, 0.2) is 0 Å². The van der Waals surface area contributed by atoms with Crippen molar-refractivity contribution >= 4 is 55.8 Å². The summed E-state index contributed by atoms with van der Waals surface area (Å²) in [5.41, 5.74) is 3.51. The number of benzene rings is 4. The molecule has 0 saturated carbocycles. The van der Waals surface area contributed by atoms with Crippen LogP contribution in [0.3, 0.4) is 0 Å². The van der Waals surface area contributed by atoms with Crippen LogP contribution in [0.5, 0.6) is 11.5 Å². The van der Waals surface area contributed by atoms with Gasteiger partial charge in [-0.3, -0.25) is 14.3 Å². The molecule has 0 bridgehead atoms. The second kappa shape index (κ2) is 13.8. The molecule has 46 heavy (non-hydrogen) atoms. The third-order valence-electron chi connectivity index (χ3n) is 5.96. The summed E-state index contributed by atoms with van der Waals surface area (Å²) in [7, 11) is -4.09. The number of hydrogen-bond donors (Lipinski definition) is 4. The van der Waals surface area contributed by atoms with Crippen molar-refractivity contribution in [2.75, 3.05) is 10.6 Å². The van der Waals surface area contributed by atoms with Crippen molar-refractivity contribution in [2.24, 2.45) is 5.73 Å². The number of nitrogens with zero attached hydrogens (tertiary/aromatic N) is 1. The SMILES string of the molecule is NC(=O)c1cc(Oc2ccc(NC(=O)Nc3ccc(Cl)c(C(F)(F)F)c3)c(F)c2)ccn1.O=S(=O)(O)c1ccc2ccccc2c1. The Balaban J connectivity index is 0.000000284. The average Bonchev–Trinajstić information content (AvgIpc) is 2.99. The predicted molar refractivity (Wildman–Crippen MR) is 162 cm³/mol. The Hall–Kier alpha value is -5.25. The van der Waals surface area contributed by atoms with Crippen LogP contribution in [0.1, 0.15) is 16.1 Å². The van der Waals surface area contributed by atoms with Crippen molar-refractivity contribution in [2.45, 2.75) is 11.1 Å². The zero-order chi connectivity index (χ0) is 33.6. The molecule has 0 spiro atoms. The Labute approximate surface area is 263 Å². The third kappa shape index (κ3) is 8.90. The number of fused-ring (bicyclic) bond motifs is 1. The summed E-state index contributed by atoms with van der Waals surface area (Å²) in [5.74, 6) is -1.43. The number of aromatic nitrogens is 1. The number of nitrogens with two attached hydrogens (primary N) is 1. The maximum Gasteiger partial charge on any atom is 0.417 e. The first-order valence-electron chi connectivity index (χ1n) is 12.7. The predicted octanol–water partition coefficient (Wildman–Crippen LogP) is 7.51. The minimum Gasteiger partial charge on any atom is -0.457 e. The molecular formula is C30H21ClF4N4O6S. The van der Waals surface area contributed by atoms with E-state index in [4.69, 9.17) is 26.6 Å². The minimum absolute atomic E-state index is 0.0441. The van der Waals surface area contributed by atoms with Gasteiger partial charge < -0.3 is 21.1 Å². The number of alkyl halides is 3. The van der Waals surface area contributed by atoms with Gasteiger partial charge in [0.25, 0.3) is 16.0 Å². The van der Waals surface area contributed by atoms with Crippen LogP contribution in [0, 0.1) is 5.82 Å². The maximum absolute atomic E-state index is 14.4. The summed E-state index contributed by atoms with van der Waals surface area (Å²) in [4.78, 5) is 26.9. The number of primary amides is 1. The molecule has 4 aromatic carbocycles. The number of rotatable bonds is 6. The molecule has 5 aromatic rings. The molecule has 16 heteroatoms. The molecule has 0 fully saturated rings. The lowest BCUT2D eigenvalue weighted by Gasteiger charge is -2.13. The minimum atomic E-state index is -4.71. The first kappa shape index (κ1) is 33.6. The van der Waals surface area contributed by atoms with E-state index in [0.717, 1.165) is 22.9 Å². The van der Waals surface area contributed by atoms with Gasteiger partial charge >= 0.3 is 12.2 Å². The summed E-state index contributed by atoms with van der Waals surface area (Å²) in [5, 5.41) is 5.56. The highest BCUT2D eigenvalue weighted by molar-refractivity contribution is 7.85. The number of carbonyl (C=O) groups is 2. The molecule has 1 heterocycles. The van der Waals surface area contributed by atoms with E-state index < -0.39 is 44.6 Å². The zero-order valence-corrected chi connectivity index (χ0v) is 24.6. The van der Waals surface area contributed by atoms with Gasteiger partial charge in [0.2, 0.25) is 0 Å². The van der Waals surface area contributed by atoms with E-state index >= 15 is 0 Å². The fourth-order valence-electron chi connectivity index (χ4n) is 3.84. The number of hydrogen-bond acceptors (Lipinski definition) is 6. The second-order valence-electron chi connectivity index (χ2n) is 9.24. The molecule has 0 aliphatic heterocycles. The lowest BCUT2D eigenvalue weighted by molar-refractivity contribution is -0.137. The maximum atomic E-state index is 14.4. The van der Waals surface area contributed by atoms with E-state index in [9.17, 15) is 35.6 Å². The van der Waals surface area contributed by atoms with Crippen molar-refractivity contribution in [1.29, 1.82) is 0 Å². The lowest BCUT2D eigenvalue weighted by atomic mass is 10.1. The number of urea groups is 1. The standard InChI is InChI=1S/C20H13ClF4N4O3.C10H8O3S/c21-14-3-1-10(7-13(14)20(23,24)25)28-19(31)29-16-4-2-11(8-15(16)22)32-12-5-6-27-17(9-12)18(26)30;11-14(12,13)10-6-5-8-3-1-2-4-9(8)7-10/h1-9H,(H2,26,30)(H2,28,29,31);1-7H,(H,11,12,13). The van der Waals surface area contributed by atoms with Gasteiger partial charge in [-0.15, -0.1) is 0 Å². The number of carbonyl (C=O) groups excluding carboxylic acids is 2. The molecular weight excluding hydrogens is 656 g/mol. The molecule has 3 amide bonds. The van der Waals surface area contributed by atoms with Crippen LogP contribution in [0.2, 0.25) is 5.02 Å². The average molecular weight is 677 g/mol. The molecule has 0 saturated heterocycles. The smallest absolute Gasteiger partial charge is 0.417 e. The number of amides is 3. The fraction of sp³-hybridized carbons (Fsp3) is 0.0333. The van der Waals surface area contributed by atoms with Crippen LogP contribution in [-0.4, -0.2) is 29.9 Å². The van der Waals surface area contributed by atoms with Gasteiger partial charge in [-0.1, -0.05) is 41.9 Å². The van der Waals surface area contributed by atoms with Gasteiger partial charge in [0.05, 0.1) is 21.2 Å². The van der Waals surface area contributed by atoms with Crippen LogP contribution in [-0.2, 0) is 16.3 Å². The molecule has 0 radical (unpaired) electrons. The van der Waals surface area contributed by atoms with E-state index in [1.165, 1.54) is 48.7 Å². The Bertz CT molecular complexity index is 2040. The third-order valence-corrected chi connectivity index (χ3v) is 7.14. The van der Waals surface area contributed by atoms with Gasteiger partial charge in [-0.25, -0.2) is 9.18 Å². The van der Waals surface area contributed by atoms with Crippen molar-refractivity contribution in [3.05, 3.63) is 119 Å². The summed E-state index contributed by atoms with van der Waals surface area (Å²) < 4.78 is 89.0. The molecule has 5 rings (SSSR count). The van der Waals surface area contributed by atoms with Crippen LogP contribution in [0.25, 0.3) is 10.8 Å². The fourth-order valence-corrected chi connectivity index (χ4v) is 4.58. The lowest BCUT2D eigenvalue weighted by Crippen LogP contribution is -2.20. The van der Waals surface area contributed by atoms with Crippen LogP contribution >= 0.6 is 11.6 Å². The van der Waals surface area contributed by atoms with Crippen LogP contribution < -0.4 is 21.1 Å². The van der Waals surface area contributed by atoms with Crippen molar-refractivity contribution < 1.29 is 44.9 Å². The van der Waals surface area contributed by atoms with Crippen molar-refractivity contribution in [3.63, 3.8) is 0 Å². The van der Waals surface area contributed by atoms with E-state index in [-0.39, 0.29) is 33.5 Å². The van der Waals surface area contributed by atoms with Crippen molar-refractivity contribution in [1.82, 2.24) is 4.98 Å². The highest BCUT2D eigenvalue weighted by Crippen LogP contribution is 2.36. The van der Waals surface area contributed by atoms with Crippen molar-refractivity contribution in [3.8, 4) is 11.5 Å². The molecule has 0 aliphatic rings. The summed E-state index contributed by atoms with van der Waals surface area (Å²) in [6.45, 7) is 0. The van der Waals surface area contributed by atoms with Gasteiger partial charge in [0.1, 0.15) is 23.0 Å². The Morgan fingerprint density at radius 3 is 2.22 bits per heavy atom. The quantitative estimate of drug-likeness (QED) is 0.107. The highest BCUT2D eigenvalue weighted by Gasteiger charge is 2.33. The summed E-state index contributed by atoms with van der Waals surface area (Å²) >= 11 is 5.53. The molecule has 0 unspecified atom stereocenters. The zero-order valence-electron chi connectivity index (χ0n) is 23.0. The Kier molecular flexibility index (Phi) is 10.1. The van der Waals surface area contributed by atoms with Gasteiger partial charge in [-0.2, -0.15) is 21.6 Å². The van der Waals surface area contributed by atoms with E-state index in [2.05, 4.69) is 15.6 Å². The molecule has 5 N–H and O–H groups in total. The molecule has 10 nitrogen and oxygen atoms in total. The van der Waals surface area contributed by atoms with E-state index in [0.29, 0.717) is 6.07 Å². The molecule has 238 valence electrons. The van der Waals surface area contributed by atoms with Crippen LogP contribution in [0.4, 0.5) is 33.7 Å². The Morgan fingerprint density at radius 2 is 1.57 bits per heavy atom. The number of ether oxygens (including phenoxy) is 1. The monoisotopic (exact) mass is 676 g/mol. The first-order valence-corrected chi connectivity index (χ1v) is 14.6. The number of anilines is 2. The summed E-state index contributed by atoms with van der Waals surface area (Å²) in [6, 6.07) is 19.8. The largest absolute Gasteiger partial charge is 0.457 e. The Morgan fingerprint density at radius 1 is 0.870 bits per heavy atom. The molecule has 0 aliphatic carbocycles. The van der Waals surface area contributed by atoms with Crippen LogP contribution in [0.15, 0.2) is 102 Å². The van der Waals surface area contributed by atoms with Gasteiger partial charge in [-0.05, 0) is 59.3 Å². The van der Waals surface area contributed by atoms with E-state index in [1.807, 2.05) is 18.2 Å². The normalized spacial score (nSPS) is 11.3. The highest BCUT2D eigenvalue weighted by atomic mass is 35.5.